The molecule has 0 unspecified atom stereocenters. The fourth-order valence-electron chi connectivity index (χ4n) is 3.19. The lowest BCUT2D eigenvalue weighted by Gasteiger charge is -2.16. The van der Waals surface area contributed by atoms with Crippen LogP contribution in [0.5, 0.6) is 11.8 Å². The summed E-state index contributed by atoms with van der Waals surface area (Å²) >= 11 is 0. The lowest BCUT2D eigenvalue weighted by Crippen LogP contribution is -2.16. The normalized spacial score (nSPS) is 15.5. The van der Waals surface area contributed by atoms with Crippen molar-refractivity contribution >= 4 is 10.9 Å². The average Bonchev–Trinajstić information content (AvgIpc) is 3.47. The first-order chi connectivity index (χ1) is 13.8. The number of fused-ring (bicyclic) bond motifs is 1. The first-order valence-corrected chi connectivity index (χ1v) is 9.18. The van der Waals surface area contributed by atoms with E-state index in [1.807, 2.05) is 6.92 Å². The number of aryl methyl sites for hydroxylation is 2. The number of ether oxygens (including phenoxy) is 2. The minimum Gasteiger partial charge on any atom is -0.424 e. The molecule has 3 aromatic rings. The second-order valence-corrected chi connectivity index (χ2v) is 7.17. The fraction of sp³-hybridized carbons (Fsp3) is 0.400. The van der Waals surface area contributed by atoms with Crippen LogP contribution in [0.25, 0.3) is 10.9 Å². The van der Waals surface area contributed by atoms with Crippen LogP contribution in [0, 0.1) is 6.92 Å². The van der Waals surface area contributed by atoms with Gasteiger partial charge in [0.05, 0.1) is 22.2 Å². The Hall–Kier alpha value is -2.81. The zero-order valence-electron chi connectivity index (χ0n) is 16.0. The predicted molar refractivity (Wildman–Crippen MR) is 98.7 cm³/mol. The van der Waals surface area contributed by atoms with Gasteiger partial charge >= 0.3 is 12.2 Å². The summed E-state index contributed by atoms with van der Waals surface area (Å²) in [5, 5.41) is 0.427. The topological polar surface area (TPSA) is 70.0 Å². The Morgan fingerprint density at radius 2 is 1.83 bits per heavy atom. The number of aromatic nitrogens is 4. The number of rotatable bonds is 6. The van der Waals surface area contributed by atoms with Gasteiger partial charge in [-0.1, -0.05) is 6.07 Å². The Morgan fingerprint density at radius 3 is 2.45 bits per heavy atom. The van der Waals surface area contributed by atoms with E-state index in [1.54, 1.807) is 31.6 Å². The molecule has 2 heterocycles. The van der Waals surface area contributed by atoms with Gasteiger partial charge in [-0.05, 0) is 50.3 Å². The molecule has 1 aliphatic carbocycles. The fourth-order valence-corrected chi connectivity index (χ4v) is 3.19. The Labute approximate surface area is 165 Å². The van der Waals surface area contributed by atoms with Crippen LogP contribution >= 0.6 is 0 Å². The van der Waals surface area contributed by atoms with E-state index in [0.29, 0.717) is 24.0 Å². The van der Waals surface area contributed by atoms with Gasteiger partial charge in [0.15, 0.2) is 0 Å². The summed E-state index contributed by atoms with van der Waals surface area (Å²) in [5.41, 5.74) is 1.02. The molecule has 4 rings (SSSR count). The molecule has 0 atom stereocenters. The highest BCUT2D eigenvalue weighted by Crippen LogP contribution is 2.43. The molecule has 9 heteroatoms. The van der Waals surface area contributed by atoms with Crippen LogP contribution in [0.1, 0.15) is 36.3 Å². The van der Waals surface area contributed by atoms with Gasteiger partial charge in [0.2, 0.25) is 5.82 Å². The number of benzene rings is 1. The first kappa shape index (κ1) is 19.5. The molecular formula is C20H19F3N4O2. The van der Waals surface area contributed by atoms with E-state index >= 15 is 0 Å². The maximum absolute atomic E-state index is 13.3. The third kappa shape index (κ3) is 4.14. The van der Waals surface area contributed by atoms with Crippen LogP contribution in [0.15, 0.2) is 30.6 Å². The van der Waals surface area contributed by atoms with Gasteiger partial charge < -0.3 is 9.47 Å². The monoisotopic (exact) mass is 404 g/mol. The summed E-state index contributed by atoms with van der Waals surface area (Å²) in [6.07, 6.45) is 1.22. The van der Waals surface area contributed by atoms with Crippen LogP contribution in [0.4, 0.5) is 13.2 Å². The highest BCUT2D eigenvalue weighted by atomic mass is 19.4. The summed E-state index contributed by atoms with van der Waals surface area (Å²) in [7, 11) is 1.62. The van der Waals surface area contributed by atoms with E-state index in [2.05, 4.69) is 19.9 Å². The van der Waals surface area contributed by atoms with Gasteiger partial charge in [0, 0.05) is 19.5 Å². The lowest BCUT2D eigenvalue weighted by molar-refractivity contribution is -0.144. The van der Waals surface area contributed by atoms with Crippen LogP contribution in [0.3, 0.4) is 0 Å². The van der Waals surface area contributed by atoms with Crippen LogP contribution in [-0.2, 0) is 17.3 Å². The van der Waals surface area contributed by atoms with E-state index in [-0.39, 0.29) is 22.8 Å². The maximum atomic E-state index is 13.3. The molecule has 1 saturated carbocycles. The Morgan fingerprint density at radius 1 is 1.10 bits per heavy atom. The second kappa shape index (κ2) is 7.22. The minimum atomic E-state index is -4.64. The maximum Gasteiger partial charge on any atom is 0.451 e. The second-order valence-electron chi connectivity index (χ2n) is 7.17. The molecular weight excluding hydrogens is 385 g/mol. The average molecular weight is 404 g/mol. The number of nitrogens with zero attached hydrogens (tertiary/aromatic N) is 4. The van der Waals surface area contributed by atoms with E-state index < -0.39 is 12.0 Å². The minimum absolute atomic E-state index is 0.101. The van der Waals surface area contributed by atoms with Crippen molar-refractivity contribution < 1.29 is 22.6 Å². The highest BCUT2D eigenvalue weighted by Gasteiger charge is 2.43. The van der Waals surface area contributed by atoms with Gasteiger partial charge in [-0.15, -0.1) is 0 Å². The third-order valence-corrected chi connectivity index (χ3v) is 5.03. The SMILES string of the molecule is COC1(CCc2nc(C(F)(F)F)nc3cccc(Oc4ncc(C)cn4)c23)CC1. The molecule has 0 spiro atoms. The van der Waals surface area contributed by atoms with Gasteiger partial charge in [-0.3, -0.25) is 0 Å². The molecule has 0 N–H and O–H groups in total. The van der Waals surface area contributed by atoms with Crippen molar-refractivity contribution in [2.24, 2.45) is 0 Å². The molecule has 1 fully saturated rings. The molecule has 0 saturated heterocycles. The molecule has 1 aromatic carbocycles. The number of hydrogen-bond donors (Lipinski definition) is 0. The standard InChI is InChI=1S/C20H19F3N4O2/c1-12-10-24-18(25-11-12)29-15-5-3-4-13-16(15)14(6-7-19(28-2)8-9-19)27-17(26-13)20(21,22)23/h3-5,10-11H,6-9H2,1-2H3. The summed E-state index contributed by atoms with van der Waals surface area (Å²) in [6.45, 7) is 1.84. The quantitative estimate of drug-likeness (QED) is 0.596. The van der Waals surface area contributed by atoms with Crippen LogP contribution in [-0.4, -0.2) is 32.6 Å². The van der Waals surface area contributed by atoms with Gasteiger partial charge in [-0.25, -0.2) is 19.9 Å². The number of alkyl halides is 3. The zero-order chi connectivity index (χ0) is 20.6. The third-order valence-electron chi connectivity index (χ3n) is 5.03. The molecule has 0 bridgehead atoms. The van der Waals surface area contributed by atoms with E-state index in [9.17, 15) is 13.2 Å². The molecule has 0 radical (unpaired) electrons. The molecule has 0 amide bonds. The zero-order valence-corrected chi connectivity index (χ0v) is 16.0. The van der Waals surface area contributed by atoms with Crippen molar-refractivity contribution in [3.8, 4) is 11.8 Å². The van der Waals surface area contributed by atoms with Crippen molar-refractivity contribution in [3.05, 3.63) is 47.7 Å². The van der Waals surface area contributed by atoms with Crippen molar-refractivity contribution in [3.63, 3.8) is 0 Å². The predicted octanol–water partition coefficient (Wildman–Crippen LogP) is 4.65. The molecule has 1 aliphatic rings. The van der Waals surface area contributed by atoms with Gasteiger partial charge in [0.25, 0.3) is 0 Å². The van der Waals surface area contributed by atoms with E-state index in [1.165, 1.54) is 6.07 Å². The molecule has 152 valence electrons. The van der Waals surface area contributed by atoms with Crippen LogP contribution < -0.4 is 4.74 Å². The van der Waals surface area contributed by atoms with Crippen molar-refractivity contribution in [2.75, 3.05) is 7.11 Å². The van der Waals surface area contributed by atoms with Crippen molar-refractivity contribution in [1.82, 2.24) is 19.9 Å². The Kier molecular flexibility index (Phi) is 4.85. The summed E-state index contributed by atoms with van der Waals surface area (Å²) in [6, 6.07) is 4.85. The molecule has 2 aromatic heterocycles. The largest absolute Gasteiger partial charge is 0.451 e. The number of hydrogen-bond acceptors (Lipinski definition) is 6. The number of methoxy groups -OCH3 is 1. The Balaban J connectivity index is 1.78. The van der Waals surface area contributed by atoms with E-state index in [0.717, 1.165) is 18.4 Å². The van der Waals surface area contributed by atoms with Crippen molar-refractivity contribution in [2.45, 2.75) is 44.4 Å². The highest BCUT2D eigenvalue weighted by molar-refractivity contribution is 5.87. The summed E-state index contributed by atoms with van der Waals surface area (Å²) < 4.78 is 51.3. The van der Waals surface area contributed by atoms with E-state index in [4.69, 9.17) is 9.47 Å². The van der Waals surface area contributed by atoms with Crippen LogP contribution in [0.2, 0.25) is 0 Å². The molecule has 29 heavy (non-hydrogen) atoms. The summed E-state index contributed by atoms with van der Waals surface area (Å²) in [4.78, 5) is 15.8. The molecule has 0 aliphatic heterocycles. The van der Waals surface area contributed by atoms with Gasteiger partial charge in [0.1, 0.15) is 5.75 Å². The van der Waals surface area contributed by atoms with Crippen molar-refractivity contribution in [1.29, 1.82) is 0 Å². The smallest absolute Gasteiger partial charge is 0.424 e. The first-order valence-electron chi connectivity index (χ1n) is 9.18. The molecule has 6 nitrogen and oxygen atoms in total. The lowest BCUT2D eigenvalue weighted by atomic mass is 10.1. The Bertz CT molecular complexity index is 1030. The van der Waals surface area contributed by atoms with Gasteiger partial charge in [-0.2, -0.15) is 13.2 Å². The summed E-state index contributed by atoms with van der Waals surface area (Å²) in [5.74, 6) is -0.844. The number of halogens is 3.